The van der Waals surface area contributed by atoms with Gasteiger partial charge in [-0.25, -0.2) is 9.97 Å². The number of hydrogen-bond acceptors (Lipinski definition) is 6. The van der Waals surface area contributed by atoms with E-state index >= 15 is 0 Å². The Morgan fingerprint density at radius 2 is 2.03 bits per heavy atom. The summed E-state index contributed by atoms with van der Waals surface area (Å²) < 4.78 is 9.96. The number of thioether (sulfide) groups is 1. The van der Waals surface area contributed by atoms with Gasteiger partial charge in [-0.15, -0.1) is 11.3 Å². The van der Waals surface area contributed by atoms with E-state index in [9.17, 15) is 4.79 Å². The van der Waals surface area contributed by atoms with E-state index in [1.165, 1.54) is 22.4 Å². The molecule has 0 bridgehead atoms. The number of hydrogen-bond donors (Lipinski definition) is 0. The predicted octanol–water partition coefficient (Wildman–Crippen LogP) is 5.05. The molecule has 1 fully saturated rings. The van der Waals surface area contributed by atoms with Crippen LogP contribution in [0.25, 0.3) is 10.2 Å². The standard InChI is InChI=1S/C26H28N4O2S2/c31-25-23-20-10-4-5-11-21(20)34-24(23)28-26(30(25)16-19-9-6-14-32-19)33-17-22-27-12-13-29(22)15-18-7-2-1-3-8-18/h1-3,7-8,12-13,19H,4-6,9-11,14-17H2. The Labute approximate surface area is 207 Å². The Balaban J connectivity index is 1.33. The smallest absolute Gasteiger partial charge is 0.263 e. The molecule has 4 heterocycles. The molecule has 0 amide bonds. The van der Waals surface area contributed by atoms with Crippen molar-refractivity contribution in [3.63, 3.8) is 0 Å². The van der Waals surface area contributed by atoms with Crippen LogP contribution in [0.4, 0.5) is 0 Å². The van der Waals surface area contributed by atoms with Crippen LogP contribution in [0.5, 0.6) is 0 Å². The average Bonchev–Trinajstić information content (AvgIpc) is 3.60. The Morgan fingerprint density at radius 1 is 1.15 bits per heavy atom. The molecule has 34 heavy (non-hydrogen) atoms. The number of ether oxygens (including phenoxy) is 1. The third-order valence-corrected chi connectivity index (χ3v) is 8.94. The number of fused-ring (bicyclic) bond motifs is 3. The fourth-order valence-electron chi connectivity index (χ4n) is 5.02. The fraction of sp³-hybridized carbons (Fsp3) is 0.423. The molecule has 1 unspecified atom stereocenters. The van der Waals surface area contributed by atoms with Gasteiger partial charge in [-0.3, -0.25) is 9.36 Å². The van der Waals surface area contributed by atoms with Gasteiger partial charge < -0.3 is 9.30 Å². The molecule has 8 heteroatoms. The summed E-state index contributed by atoms with van der Waals surface area (Å²) in [6.07, 6.45) is 10.4. The third kappa shape index (κ3) is 4.34. The highest BCUT2D eigenvalue weighted by Gasteiger charge is 2.25. The highest BCUT2D eigenvalue weighted by atomic mass is 32.2. The van der Waals surface area contributed by atoms with Crippen molar-refractivity contribution in [2.24, 2.45) is 0 Å². The molecule has 1 aliphatic carbocycles. The average molecular weight is 493 g/mol. The molecule has 3 aromatic heterocycles. The van der Waals surface area contributed by atoms with Crippen LogP contribution in [-0.4, -0.2) is 31.8 Å². The van der Waals surface area contributed by atoms with Gasteiger partial charge in [0.05, 0.1) is 23.8 Å². The number of nitrogens with zero attached hydrogens (tertiary/aromatic N) is 4. The molecule has 1 aliphatic heterocycles. The lowest BCUT2D eigenvalue weighted by molar-refractivity contribution is 0.0937. The third-order valence-electron chi connectivity index (χ3n) is 6.78. The summed E-state index contributed by atoms with van der Waals surface area (Å²) in [6, 6.07) is 10.4. The van der Waals surface area contributed by atoms with Crippen molar-refractivity contribution in [1.82, 2.24) is 19.1 Å². The Kier molecular flexibility index (Phi) is 6.28. The van der Waals surface area contributed by atoms with Crippen molar-refractivity contribution in [2.45, 2.75) is 68.6 Å². The molecule has 1 atom stereocenters. The van der Waals surface area contributed by atoms with Gasteiger partial charge in [0.25, 0.3) is 5.56 Å². The number of thiophene rings is 1. The maximum atomic E-state index is 13.8. The summed E-state index contributed by atoms with van der Waals surface area (Å²) in [5.74, 6) is 1.64. The first kappa shape index (κ1) is 22.1. The minimum atomic E-state index is 0.0887. The van der Waals surface area contributed by atoms with E-state index in [1.54, 1.807) is 23.1 Å². The quantitative estimate of drug-likeness (QED) is 0.267. The summed E-state index contributed by atoms with van der Waals surface area (Å²) in [5.41, 5.74) is 2.60. The highest BCUT2D eigenvalue weighted by molar-refractivity contribution is 7.98. The van der Waals surface area contributed by atoms with Gasteiger partial charge in [-0.2, -0.15) is 0 Å². The molecule has 176 valence electrons. The van der Waals surface area contributed by atoms with E-state index in [2.05, 4.69) is 33.8 Å². The molecule has 4 aromatic rings. The molecule has 6 nitrogen and oxygen atoms in total. The second-order valence-corrected chi connectivity index (χ2v) is 11.1. The molecular formula is C26H28N4O2S2. The van der Waals surface area contributed by atoms with Gasteiger partial charge >= 0.3 is 0 Å². The molecule has 0 radical (unpaired) electrons. The van der Waals surface area contributed by atoms with E-state index in [1.807, 2.05) is 23.0 Å². The highest BCUT2D eigenvalue weighted by Crippen LogP contribution is 2.35. The number of imidazole rings is 1. The molecule has 0 saturated carbocycles. The second-order valence-electron chi connectivity index (χ2n) is 9.08. The van der Waals surface area contributed by atoms with Gasteiger partial charge in [0.15, 0.2) is 5.16 Å². The zero-order valence-electron chi connectivity index (χ0n) is 19.1. The van der Waals surface area contributed by atoms with Crippen molar-refractivity contribution in [1.29, 1.82) is 0 Å². The molecule has 0 spiro atoms. The lowest BCUT2D eigenvalue weighted by Crippen LogP contribution is -2.29. The maximum absolute atomic E-state index is 13.8. The summed E-state index contributed by atoms with van der Waals surface area (Å²) in [5, 5.41) is 1.63. The second kappa shape index (κ2) is 9.68. The normalized spacial score (nSPS) is 17.9. The predicted molar refractivity (Wildman–Crippen MR) is 137 cm³/mol. The van der Waals surface area contributed by atoms with Gasteiger partial charge in [-0.1, -0.05) is 42.1 Å². The van der Waals surface area contributed by atoms with Crippen molar-refractivity contribution in [2.75, 3.05) is 6.61 Å². The van der Waals surface area contributed by atoms with Crippen molar-refractivity contribution >= 4 is 33.3 Å². The van der Waals surface area contributed by atoms with Crippen LogP contribution in [-0.2, 0) is 36.4 Å². The van der Waals surface area contributed by atoms with E-state index < -0.39 is 0 Å². The van der Waals surface area contributed by atoms with E-state index in [0.717, 1.165) is 66.5 Å². The van der Waals surface area contributed by atoms with Crippen LogP contribution in [0.1, 0.15) is 47.5 Å². The van der Waals surface area contributed by atoms with Gasteiger partial charge in [0.1, 0.15) is 10.7 Å². The summed E-state index contributed by atoms with van der Waals surface area (Å²) in [7, 11) is 0. The largest absolute Gasteiger partial charge is 0.376 e. The van der Waals surface area contributed by atoms with Crippen LogP contribution >= 0.6 is 23.1 Å². The van der Waals surface area contributed by atoms with Crippen LogP contribution in [0.3, 0.4) is 0 Å². The monoisotopic (exact) mass is 492 g/mol. The van der Waals surface area contributed by atoms with Crippen molar-refractivity contribution < 1.29 is 4.74 Å². The maximum Gasteiger partial charge on any atom is 0.263 e. The topological polar surface area (TPSA) is 61.9 Å². The van der Waals surface area contributed by atoms with Gasteiger partial charge in [-0.05, 0) is 49.7 Å². The lowest BCUT2D eigenvalue weighted by Gasteiger charge is -2.16. The number of aryl methyl sites for hydroxylation is 2. The molecule has 1 aromatic carbocycles. The van der Waals surface area contributed by atoms with Crippen molar-refractivity contribution in [3.05, 3.63) is 74.9 Å². The first-order valence-corrected chi connectivity index (χ1v) is 13.9. The first-order chi connectivity index (χ1) is 16.8. The van der Waals surface area contributed by atoms with E-state index in [4.69, 9.17) is 9.72 Å². The first-order valence-electron chi connectivity index (χ1n) is 12.1. The van der Waals surface area contributed by atoms with E-state index in [-0.39, 0.29) is 11.7 Å². The minimum absolute atomic E-state index is 0.0887. The number of rotatable bonds is 7. The Hall–Kier alpha value is -2.42. The Bertz CT molecular complexity index is 1350. The van der Waals surface area contributed by atoms with Crippen molar-refractivity contribution in [3.8, 4) is 0 Å². The summed E-state index contributed by atoms with van der Waals surface area (Å²) in [6.45, 7) is 2.14. The molecule has 2 aliphatic rings. The van der Waals surface area contributed by atoms with Crippen LogP contribution in [0.2, 0.25) is 0 Å². The zero-order valence-corrected chi connectivity index (χ0v) is 20.7. The number of benzene rings is 1. The molecular weight excluding hydrogens is 464 g/mol. The fourth-order valence-corrected chi connectivity index (χ4v) is 7.29. The van der Waals surface area contributed by atoms with Crippen LogP contribution in [0.15, 0.2) is 52.7 Å². The Morgan fingerprint density at radius 3 is 2.88 bits per heavy atom. The van der Waals surface area contributed by atoms with Gasteiger partial charge in [0, 0.05) is 30.4 Å². The van der Waals surface area contributed by atoms with Gasteiger partial charge in [0.2, 0.25) is 0 Å². The summed E-state index contributed by atoms with van der Waals surface area (Å²) in [4.78, 5) is 25.7. The molecule has 6 rings (SSSR count). The summed E-state index contributed by atoms with van der Waals surface area (Å²) >= 11 is 3.33. The SMILES string of the molecule is O=c1c2c3c(sc2nc(SCc2nccn2Cc2ccccc2)n1CC1CCCO1)CCCC3. The molecule has 1 saturated heterocycles. The molecule has 0 N–H and O–H groups in total. The van der Waals surface area contributed by atoms with E-state index in [0.29, 0.717) is 12.3 Å². The zero-order chi connectivity index (χ0) is 22.9. The minimum Gasteiger partial charge on any atom is -0.376 e. The lowest BCUT2D eigenvalue weighted by atomic mass is 9.97. The number of aromatic nitrogens is 4. The van der Waals surface area contributed by atoms with Crippen LogP contribution in [0, 0.1) is 0 Å². The van der Waals surface area contributed by atoms with Crippen LogP contribution < -0.4 is 5.56 Å².